The molecule has 5 saturated carbocycles. The molecule has 1 aliphatic heterocycles. The predicted molar refractivity (Wildman–Crippen MR) is 107 cm³/mol. The number of esters is 1. The van der Waals surface area contributed by atoms with Gasteiger partial charge in [-0.3, -0.25) is 14.4 Å². The number of rotatable bonds is 0. The molecule has 0 aromatic heterocycles. The van der Waals surface area contributed by atoms with Gasteiger partial charge in [-0.1, -0.05) is 40.7 Å². The minimum Gasteiger partial charge on any atom is -0.465 e. The van der Waals surface area contributed by atoms with E-state index in [2.05, 4.69) is 40.7 Å². The summed E-state index contributed by atoms with van der Waals surface area (Å²) in [5.74, 6) is 0.969. The van der Waals surface area contributed by atoms with Gasteiger partial charge in [-0.05, 0) is 60.8 Å². The van der Waals surface area contributed by atoms with E-state index in [0.717, 1.165) is 25.7 Å². The number of carbonyl (C=O) groups excluding carboxylic acids is 3. The van der Waals surface area contributed by atoms with Gasteiger partial charge in [-0.2, -0.15) is 0 Å². The number of hydrogen-bond donors (Lipinski definition) is 0. The van der Waals surface area contributed by atoms with Gasteiger partial charge < -0.3 is 4.74 Å². The molecule has 4 bridgehead atoms. The zero-order chi connectivity index (χ0) is 20.8. The Hall–Kier alpha value is -1.45. The SMILES string of the molecule is CC1(C)C(=O)C=C[C@@]2(C)[C@H]1CC[C@@]13C[C@@]4(C)C[C@@H]5C(=O)OC[C@]51[C@@](C)(C[C@@H]23)C4=O. The topological polar surface area (TPSA) is 60.4 Å². The van der Waals surface area contributed by atoms with Crippen molar-refractivity contribution in [3.8, 4) is 0 Å². The van der Waals surface area contributed by atoms with Gasteiger partial charge in [-0.25, -0.2) is 0 Å². The lowest BCUT2D eigenvalue weighted by atomic mass is 9.32. The Morgan fingerprint density at radius 2 is 1.72 bits per heavy atom. The monoisotopic (exact) mass is 396 g/mol. The van der Waals surface area contributed by atoms with E-state index in [0.29, 0.717) is 24.7 Å². The summed E-state index contributed by atoms with van der Waals surface area (Å²) in [6.07, 6.45) is 8.37. The number of fused-ring (bicyclic) bond motifs is 2. The molecular formula is C25H32O4. The number of hydrogen-bond acceptors (Lipinski definition) is 4. The zero-order valence-corrected chi connectivity index (χ0v) is 18.3. The van der Waals surface area contributed by atoms with E-state index in [1.165, 1.54) is 0 Å². The highest BCUT2D eigenvalue weighted by Gasteiger charge is 2.87. The fourth-order valence-electron chi connectivity index (χ4n) is 10.4. The lowest BCUT2D eigenvalue weighted by Gasteiger charge is -2.69. The van der Waals surface area contributed by atoms with Crippen molar-refractivity contribution in [3.05, 3.63) is 12.2 Å². The summed E-state index contributed by atoms with van der Waals surface area (Å²) < 4.78 is 5.77. The van der Waals surface area contributed by atoms with E-state index in [-0.39, 0.29) is 45.2 Å². The molecule has 0 unspecified atom stereocenters. The van der Waals surface area contributed by atoms with Crippen LogP contribution in [-0.2, 0) is 19.1 Å². The average Bonchev–Trinajstić information content (AvgIpc) is 3.08. The molecule has 7 aliphatic rings. The number of ketones is 2. The third-order valence-corrected chi connectivity index (χ3v) is 11.4. The largest absolute Gasteiger partial charge is 0.465 e. The van der Waals surface area contributed by atoms with Gasteiger partial charge in [0, 0.05) is 21.7 Å². The van der Waals surface area contributed by atoms with E-state index in [1.807, 2.05) is 6.08 Å². The van der Waals surface area contributed by atoms with Crippen molar-refractivity contribution in [3.63, 3.8) is 0 Å². The van der Waals surface area contributed by atoms with Gasteiger partial charge in [0.2, 0.25) is 0 Å². The Morgan fingerprint density at radius 3 is 2.45 bits per heavy atom. The maximum atomic E-state index is 13.9. The molecule has 2 spiro atoms. The van der Waals surface area contributed by atoms with Gasteiger partial charge in [0.1, 0.15) is 5.78 Å². The Balaban J connectivity index is 1.62. The van der Waals surface area contributed by atoms with Crippen LogP contribution in [0.2, 0.25) is 0 Å². The molecule has 4 heteroatoms. The summed E-state index contributed by atoms with van der Waals surface area (Å²) in [6, 6.07) is 0. The first-order valence-electron chi connectivity index (χ1n) is 11.3. The molecule has 0 aromatic carbocycles. The molecule has 0 N–H and O–H groups in total. The Bertz CT molecular complexity index is 931. The standard InChI is InChI=1S/C25H32O4/c1-20(2)15-6-9-24-12-21(3)10-14-18(27)29-13-25(14,24)23(5,19(21)28)11-16(24)22(15,4)8-7-17(20)26/h7-8,14-16H,6,9-13H2,1-5H3/t14-,15+,16+,21-,22+,23+,24+,25-/m1/s1. The van der Waals surface area contributed by atoms with Crippen molar-refractivity contribution < 1.29 is 19.1 Å². The van der Waals surface area contributed by atoms with Crippen molar-refractivity contribution in [1.82, 2.24) is 0 Å². The summed E-state index contributed by atoms with van der Waals surface area (Å²) in [5, 5.41) is 0. The lowest BCUT2D eigenvalue weighted by Crippen LogP contribution is -2.70. The summed E-state index contributed by atoms with van der Waals surface area (Å²) in [6.45, 7) is 11.2. The number of Topliss-reactive ketones (excluding diaryl/α,β-unsaturated/α-hetero) is 1. The van der Waals surface area contributed by atoms with Gasteiger partial charge in [0.05, 0.1) is 12.5 Å². The number of cyclic esters (lactones) is 1. The highest BCUT2D eigenvalue weighted by atomic mass is 16.5. The first kappa shape index (κ1) is 18.3. The molecule has 0 amide bonds. The van der Waals surface area contributed by atoms with Crippen molar-refractivity contribution in [2.24, 2.45) is 50.2 Å². The van der Waals surface area contributed by atoms with Crippen molar-refractivity contribution in [2.45, 2.75) is 66.7 Å². The molecule has 7 rings (SSSR count). The minimum atomic E-state index is -0.503. The molecule has 156 valence electrons. The second kappa shape index (κ2) is 4.57. The zero-order valence-electron chi connectivity index (χ0n) is 18.3. The quantitative estimate of drug-likeness (QED) is 0.578. The maximum Gasteiger partial charge on any atom is 0.309 e. The molecule has 6 aliphatic carbocycles. The summed E-state index contributed by atoms with van der Waals surface area (Å²) >= 11 is 0. The predicted octanol–water partition coefficient (Wildman–Crippen LogP) is 4.12. The van der Waals surface area contributed by atoms with E-state index < -0.39 is 10.8 Å². The first-order chi connectivity index (χ1) is 13.4. The van der Waals surface area contributed by atoms with Crippen LogP contribution in [0.3, 0.4) is 0 Å². The molecule has 6 fully saturated rings. The van der Waals surface area contributed by atoms with Gasteiger partial charge in [0.15, 0.2) is 5.78 Å². The van der Waals surface area contributed by atoms with Gasteiger partial charge >= 0.3 is 5.97 Å². The highest BCUT2D eigenvalue weighted by molar-refractivity contribution is 5.98. The first-order valence-corrected chi connectivity index (χ1v) is 11.3. The van der Waals surface area contributed by atoms with Crippen LogP contribution in [0.5, 0.6) is 0 Å². The summed E-state index contributed by atoms with van der Waals surface area (Å²) in [5.41, 5.74) is -1.84. The van der Waals surface area contributed by atoms with Crippen LogP contribution in [0, 0.1) is 50.2 Å². The van der Waals surface area contributed by atoms with Crippen molar-refractivity contribution in [1.29, 1.82) is 0 Å². The van der Waals surface area contributed by atoms with Crippen LogP contribution in [-0.4, -0.2) is 24.1 Å². The van der Waals surface area contributed by atoms with E-state index >= 15 is 0 Å². The molecule has 29 heavy (non-hydrogen) atoms. The maximum absolute atomic E-state index is 13.9. The fraction of sp³-hybridized carbons (Fsp3) is 0.800. The normalized spacial score (nSPS) is 58.7. The number of allylic oxidation sites excluding steroid dienone is 2. The molecule has 4 nitrogen and oxygen atoms in total. The van der Waals surface area contributed by atoms with Crippen LogP contribution >= 0.6 is 0 Å². The van der Waals surface area contributed by atoms with Crippen molar-refractivity contribution >= 4 is 17.5 Å². The molecule has 1 saturated heterocycles. The molecule has 0 aromatic rings. The van der Waals surface area contributed by atoms with Crippen LogP contribution < -0.4 is 0 Å². The third kappa shape index (κ3) is 1.52. The van der Waals surface area contributed by atoms with Crippen LogP contribution in [0.25, 0.3) is 0 Å². The smallest absolute Gasteiger partial charge is 0.309 e. The molecular weight excluding hydrogens is 364 g/mol. The lowest BCUT2D eigenvalue weighted by molar-refractivity contribution is -0.218. The average molecular weight is 397 g/mol. The fourth-order valence-corrected chi connectivity index (χ4v) is 10.4. The van der Waals surface area contributed by atoms with E-state index in [1.54, 1.807) is 0 Å². The van der Waals surface area contributed by atoms with Crippen LogP contribution in [0.15, 0.2) is 12.2 Å². The van der Waals surface area contributed by atoms with E-state index in [4.69, 9.17) is 4.74 Å². The molecule has 1 heterocycles. The van der Waals surface area contributed by atoms with Gasteiger partial charge in [-0.15, -0.1) is 0 Å². The van der Waals surface area contributed by atoms with Crippen molar-refractivity contribution in [2.75, 3.05) is 6.61 Å². The minimum absolute atomic E-state index is 0.0501. The summed E-state index contributed by atoms with van der Waals surface area (Å²) in [7, 11) is 0. The Labute approximate surface area is 172 Å². The van der Waals surface area contributed by atoms with E-state index in [9.17, 15) is 14.4 Å². The Morgan fingerprint density at radius 1 is 1.00 bits per heavy atom. The van der Waals surface area contributed by atoms with Gasteiger partial charge in [0.25, 0.3) is 0 Å². The number of carbonyl (C=O) groups is 3. The van der Waals surface area contributed by atoms with Crippen LogP contribution in [0.4, 0.5) is 0 Å². The summed E-state index contributed by atoms with van der Waals surface area (Å²) in [4.78, 5) is 39.5. The third-order valence-electron chi connectivity index (χ3n) is 11.4. The highest BCUT2D eigenvalue weighted by Crippen LogP contribution is 2.87. The second-order valence-corrected chi connectivity index (χ2v) is 12.5. The Kier molecular flexibility index (Phi) is 2.89. The number of ether oxygens (including phenoxy) is 1. The molecule has 8 atom stereocenters. The second-order valence-electron chi connectivity index (χ2n) is 12.5. The molecule has 0 radical (unpaired) electrons. The van der Waals surface area contributed by atoms with Crippen LogP contribution in [0.1, 0.15) is 66.7 Å².